The molecule has 0 aliphatic rings. The van der Waals surface area contributed by atoms with Crippen molar-refractivity contribution < 1.29 is 14.5 Å². The number of carbonyl (C=O) groups excluding carboxylic acids is 1. The molecule has 0 fully saturated rings. The monoisotopic (exact) mass is 466 g/mol. The number of hydrogen-bond donors (Lipinski definition) is 1. The number of ether oxygens (including phenoxy) is 1. The van der Waals surface area contributed by atoms with Crippen LogP contribution < -0.4 is 10.1 Å². The molecule has 1 amide bonds. The molecule has 0 radical (unpaired) electrons. The summed E-state index contributed by atoms with van der Waals surface area (Å²) in [4.78, 5) is 23.4. The first-order valence-corrected chi connectivity index (χ1v) is 10.8. The number of nitro groups is 1. The number of aromatic nitrogens is 1. The second kappa shape index (κ2) is 9.93. The molecule has 0 aliphatic heterocycles. The Labute approximate surface area is 201 Å². The topological polar surface area (TPSA) is 110 Å². The van der Waals surface area contributed by atoms with Crippen LogP contribution in [0.1, 0.15) is 16.8 Å². The molecule has 35 heavy (non-hydrogen) atoms. The van der Waals surface area contributed by atoms with E-state index in [4.69, 9.17) is 4.74 Å². The predicted molar refractivity (Wildman–Crippen MR) is 134 cm³/mol. The van der Waals surface area contributed by atoms with Gasteiger partial charge >= 0.3 is 0 Å². The molecule has 1 aromatic heterocycles. The minimum atomic E-state index is -0.510. The number of amides is 1. The lowest BCUT2D eigenvalue weighted by molar-refractivity contribution is -0.384. The molecule has 1 N–H and O–H groups in total. The molecule has 0 bridgehead atoms. The average molecular weight is 466 g/mol. The molecule has 4 rings (SSSR count). The summed E-state index contributed by atoms with van der Waals surface area (Å²) in [6.07, 6.45) is 1.60. The Hall–Kier alpha value is -4.90. The molecular weight excluding hydrogens is 444 g/mol. The number of nitriles is 1. The predicted octanol–water partition coefficient (Wildman–Crippen LogP) is 5.46. The number of carbonyl (C=O) groups is 1. The lowest BCUT2D eigenvalue weighted by atomic mass is 10.1. The third-order valence-electron chi connectivity index (χ3n) is 5.77. The maximum Gasteiger partial charge on any atom is 0.269 e. The first kappa shape index (κ1) is 23.3. The van der Waals surface area contributed by atoms with Gasteiger partial charge in [-0.3, -0.25) is 14.9 Å². The third-order valence-corrected chi connectivity index (χ3v) is 5.77. The Morgan fingerprint density at radius 2 is 1.80 bits per heavy atom. The van der Waals surface area contributed by atoms with Crippen molar-refractivity contribution in [1.82, 2.24) is 4.57 Å². The smallest absolute Gasteiger partial charge is 0.269 e. The number of nitrogens with zero attached hydrogens (tertiary/aromatic N) is 3. The first-order valence-electron chi connectivity index (χ1n) is 10.8. The van der Waals surface area contributed by atoms with E-state index in [-0.39, 0.29) is 11.3 Å². The second-order valence-electron chi connectivity index (χ2n) is 7.88. The zero-order valence-electron chi connectivity index (χ0n) is 19.2. The van der Waals surface area contributed by atoms with Gasteiger partial charge in [-0.25, -0.2) is 0 Å². The number of para-hydroxylation sites is 1. The van der Waals surface area contributed by atoms with Crippen LogP contribution in [0.3, 0.4) is 0 Å². The maximum atomic E-state index is 12.8. The van der Waals surface area contributed by atoms with Gasteiger partial charge in [0.05, 0.1) is 12.0 Å². The van der Waals surface area contributed by atoms with Gasteiger partial charge in [0.2, 0.25) is 0 Å². The van der Waals surface area contributed by atoms with Crippen molar-refractivity contribution in [2.24, 2.45) is 0 Å². The van der Waals surface area contributed by atoms with Crippen LogP contribution >= 0.6 is 0 Å². The van der Waals surface area contributed by atoms with Gasteiger partial charge < -0.3 is 14.6 Å². The summed E-state index contributed by atoms with van der Waals surface area (Å²) in [5.41, 5.74) is 4.03. The molecule has 8 heteroatoms. The summed E-state index contributed by atoms with van der Waals surface area (Å²) in [5.74, 6) is 0.153. The Morgan fingerprint density at radius 1 is 1.11 bits per heavy atom. The molecule has 0 saturated carbocycles. The summed E-state index contributed by atoms with van der Waals surface area (Å²) < 4.78 is 7.20. The van der Waals surface area contributed by atoms with E-state index in [1.54, 1.807) is 49.6 Å². The van der Waals surface area contributed by atoms with E-state index in [1.165, 1.54) is 12.1 Å². The number of benzene rings is 3. The molecule has 0 unspecified atom stereocenters. The van der Waals surface area contributed by atoms with E-state index < -0.39 is 10.8 Å². The van der Waals surface area contributed by atoms with Gasteiger partial charge in [0.15, 0.2) is 0 Å². The summed E-state index contributed by atoms with van der Waals surface area (Å²) in [5, 5.41) is 24.3. The van der Waals surface area contributed by atoms with Crippen molar-refractivity contribution in [2.75, 3.05) is 12.4 Å². The largest absolute Gasteiger partial charge is 0.497 e. The lowest BCUT2D eigenvalue weighted by Crippen LogP contribution is -2.13. The van der Waals surface area contributed by atoms with Crippen LogP contribution in [-0.4, -0.2) is 22.5 Å². The van der Waals surface area contributed by atoms with Crippen LogP contribution in [0.15, 0.2) is 78.4 Å². The Morgan fingerprint density at radius 3 is 2.43 bits per heavy atom. The summed E-state index contributed by atoms with van der Waals surface area (Å²) in [6, 6.07) is 23.0. The Kier molecular flexibility index (Phi) is 6.60. The number of fused-ring (bicyclic) bond motifs is 1. The van der Waals surface area contributed by atoms with E-state index in [0.29, 0.717) is 18.0 Å². The number of nitro benzene ring substituents is 1. The van der Waals surface area contributed by atoms with Gasteiger partial charge in [0.1, 0.15) is 17.4 Å². The minimum absolute atomic E-state index is 0.0258. The average Bonchev–Trinajstić information content (AvgIpc) is 3.13. The SMILES string of the molecule is COc1ccc(NC(=O)C(C#N)=Cc2c(C)n(Cc3ccc([N+](=O)[O-])cc3)c3ccccc23)cc1. The van der Waals surface area contributed by atoms with Crippen molar-refractivity contribution in [1.29, 1.82) is 5.26 Å². The molecule has 0 spiro atoms. The molecular formula is C27H22N4O4. The molecule has 3 aromatic carbocycles. The molecule has 8 nitrogen and oxygen atoms in total. The molecule has 4 aromatic rings. The number of nitrogens with one attached hydrogen (secondary N) is 1. The highest BCUT2D eigenvalue weighted by molar-refractivity contribution is 6.11. The van der Waals surface area contributed by atoms with E-state index in [1.807, 2.05) is 37.3 Å². The van der Waals surface area contributed by atoms with E-state index in [2.05, 4.69) is 9.88 Å². The fraction of sp³-hybridized carbons (Fsp3) is 0.111. The summed E-state index contributed by atoms with van der Waals surface area (Å²) in [7, 11) is 1.56. The van der Waals surface area contributed by atoms with Crippen LogP contribution in [0.25, 0.3) is 17.0 Å². The van der Waals surface area contributed by atoms with Gasteiger partial charge in [0.25, 0.3) is 11.6 Å². The highest BCUT2D eigenvalue weighted by atomic mass is 16.6. The number of anilines is 1. The van der Waals surface area contributed by atoms with Gasteiger partial charge in [-0.2, -0.15) is 5.26 Å². The molecule has 0 saturated heterocycles. The molecule has 0 aliphatic carbocycles. The van der Waals surface area contributed by atoms with Crippen LogP contribution in [0, 0.1) is 28.4 Å². The quantitative estimate of drug-likeness (QED) is 0.168. The second-order valence-corrected chi connectivity index (χ2v) is 7.88. The lowest BCUT2D eigenvalue weighted by Gasteiger charge is -2.09. The van der Waals surface area contributed by atoms with Crippen LogP contribution in [0.2, 0.25) is 0 Å². The fourth-order valence-electron chi connectivity index (χ4n) is 3.92. The van der Waals surface area contributed by atoms with Crippen molar-refractivity contribution in [3.8, 4) is 11.8 Å². The third kappa shape index (κ3) is 4.89. The Balaban J connectivity index is 1.68. The van der Waals surface area contributed by atoms with E-state index in [0.717, 1.165) is 27.7 Å². The number of rotatable bonds is 7. The zero-order valence-corrected chi connectivity index (χ0v) is 19.2. The maximum absolute atomic E-state index is 12.8. The van der Waals surface area contributed by atoms with Crippen molar-refractivity contribution in [2.45, 2.75) is 13.5 Å². The van der Waals surface area contributed by atoms with E-state index >= 15 is 0 Å². The van der Waals surface area contributed by atoms with Gasteiger partial charge in [-0.05, 0) is 48.9 Å². The highest BCUT2D eigenvalue weighted by Crippen LogP contribution is 2.29. The molecule has 174 valence electrons. The number of non-ortho nitro benzene ring substituents is 1. The van der Waals surface area contributed by atoms with Gasteiger partial charge in [-0.15, -0.1) is 0 Å². The molecule has 1 heterocycles. The zero-order chi connectivity index (χ0) is 24.9. The standard InChI is InChI=1S/C27H22N4O4/c1-18-25(15-20(16-28)27(32)29-21-9-13-23(35-2)14-10-21)24-5-3-4-6-26(24)30(18)17-19-7-11-22(12-8-19)31(33)34/h3-15H,17H2,1-2H3,(H,29,32). The minimum Gasteiger partial charge on any atom is -0.497 e. The first-order chi connectivity index (χ1) is 16.9. The van der Waals surface area contributed by atoms with Gasteiger partial charge in [0, 0.05) is 46.5 Å². The number of hydrogen-bond acceptors (Lipinski definition) is 5. The summed E-state index contributed by atoms with van der Waals surface area (Å²) >= 11 is 0. The highest BCUT2D eigenvalue weighted by Gasteiger charge is 2.17. The van der Waals surface area contributed by atoms with Crippen LogP contribution in [-0.2, 0) is 11.3 Å². The normalized spacial score (nSPS) is 11.2. The fourth-order valence-corrected chi connectivity index (χ4v) is 3.92. The summed E-state index contributed by atoms with van der Waals surface area (Å²) in [6.45, 7) is 2.41. The van der Waals surface area contributed by atoms with Crippen LogP contribution in [0.4, 0.5) is 11.4 Å². The van der Waals surface area contributed by atoms with Crippen molar-refractivity contribution >= 4 is 34.3 Å². The van der Waals surface area contributed by atoms with Gasteiger partial charge in [-0.1, -0.05) is 30.3 Å². The van der Waals surface area contributed by atoms with Crippen molar-refractivity contribution in [3.63, 3.8) is 0 Å². The number of methoxy groups -OCH3 is 1. The van der Waals surface area contributed by atoms with Crippen LogP contribution in [0.5, 0.6) is 5.75 Å². The van der Waals surface area contributed by atoms with Crippen molar-refractivity contribution in [3.05, 3.63) is 105 Å². The molecule has 0 atom stereocenters. The Bertz CT molecular complexity index is 1480. The van der Waals surface area contributed by atoms with E-state index in [9.17, 15) is 20.2 Å².